The zero-order valence-electron chi connectivity index (χ0n) is 16.5. The lowest BCUT2D eigenvalue weighted by Gasteiger charge is -2.34. The molecule has 1 saturated heterocycles. The number of hydrogen-bond acceptors (Lipinski definition) is 7. The second-order valence-electron chi connectivity index (χ2n) is 7.15. The number of nitro benzene ring substituents is 1. The van der Waals surface area contributed by atoms with Gasteiger partial charge < -0.3 is 14.7 Å². The van der Waals surface area contributed by atoms with Gasteiger partial charge in [-0.2, -0.15) is 0 Å². The fraction of sp³-hybridized carbons (Fsp3) is 0.190. The number of nitrogens with zero attached hydrogens (tertiary/aromatic N) is 2. The maximum atomic E-state index is 12.0. The number of carboxylic acids is 1. The van der Waals surface area contributed by atoms with E-state index in [1.54, 1.807) is 24.3 Å². The molecule has 2 amide bonds. The average molecular weight is 455 g/mol. The molecule has 0 aliphatic carbocycles. The van der Waals surface area contributed by atoms with Crippen LogP contribution in [-0.4, -0.2) is 38.9 Å². The Morgan fingerprint density at radius 3 is 2.44 bits per heavy atom. The Hall–Kier alpha value is -3.86. The SMILES string of the molecule is O=C(Nc1ccc(SC2=C(C(=O)O)N3C(=O)CC3C2)cc1)OCc1ccc([N+](=O)[O-])cc1. The lowest BCUT2D eigenvalue weighted by atomic mass is 10.0. The number of fused-ring (bicyclic) bond motifs is 1. The Bertz CT molecular complexity index is 1130. The van der Waals surface area contributed by atoms with Crippen LogP contribution in [0.1, 0.15) is 18.4 Å². The number of anilines is 1. The van der Waals surface area contributed by atoms with Gasteiger partial charge in [0.1, 0.15) is 12.3 Å². The second-order valence-corrected chi connectivity index (χ2v) is 8.32. The molecule has 1 fully saturated rings. The number of carboxylic acid groups (broad SMARTS) is 1. The summed E-state index contributed by atoms with van der Waals surface area (Å²) >= 11 is 1.29. The Morgan fingerprint density at radius 2 is 1.84 bits per heavy atom. The van der Waals surface area contributed by atoms with Crippen LogP contribution < -0.4 is 5.32 Å². The standard InChI is InChI=1S/C21H17N3O7S/c25-18-10-15-9-17(19(20(26)27)23(15)18)32-16-7-3-13(4-8-16)22-21(28)31-11-12-1-5-14(6-2-12)24(29)30/h1-8,15H,9-11H2,(H,22,28)(H,26,27). The predicted molar refractivity (Wildman–Crippen MR) is 114 cm³/mol. The van der Waals surface area contributed by atoms with E-state index in [0.717, 1.165) is 4.90 Å². The van der Waals surface area contributed by atoms with Crippen molar-refractivity contribution in [1.29, 1.82) is 0 Å². The molecule has 2 aromatic carbocycles. The Labute approximate surface area is 186 Å². The molecule has 11 heteroatoms. The highest BCUT2D eigenvalue weighted by molar-refractivity contribution is 8.03. The largest absolute Gasteiger partial charge is 0.477 e. The molecule has 2 aliphatic rings. The average Bonchev–Trinajstić information content (AvgIpc) is 3.06. The first kappa shape index (κ1) is 21.4. The summed E-state index contributed by atoms with van der Waals surface area (Å²) in [6.07, 6.45) is 0.205. The van der Waals surface area contributed by atoms with Crippen molar-refractivity contribution in [2.75, 3.05) is 5.32 Å². The number of aliphatic carboxylic acids is 1. The van der Waals surface area contributed by atoms with Crippen molar-refractivity contribution in [3.63, 3.8) is 0 Å². The lowest BCUT2D eigenvalue weighted by Crippen LogP contribution is -2.49. The maximum Gasteiger partial charge on any atom is 0.411 e. The molecule has 0 aromatic heterocycles. The topological polar surface area (TPSA) is 139 Å². The molecule has 0 spiro atoms. The molecule has 32 heavy (non-hydrogen) atoms. The summed E-state index contributed by atoms with van der Waals surface area (Å²) in [7, 11) is 0. The minimum atomic E-state index is -1.11. The Balaban J connectivity index is 1.32. The van der Waals surface area contributed by atoms with Crippen molar-refractivity contribution >= 4 is 41.1 Å². The number of ether oxygens (including phenoxy) is 1. The van der Waals surface area contributed by atoms with Gasteiger partial charge in [0.15, 0.2) is 0 Å². The van der Waals surface area contributed by atoms with Crippen LogP contribution in [0.4, 0.5) is 16.2 Å². The van der Waals surface area contributed by atoms with E-state index in [4.69, 9.17) is 4.74 Å². The zero-order valence-corrected chi connectivity index (χ0v) is 17.3. The summed E-state index contributed by atoms with van der Waals surface area (Å²) in [5.41, 5.74) is 1.10. The number of nitrogens with one attached hydrogen (secondary N) is 1. The number of β-lactam (4-membered cyclic amide) rings is 1. The molecule has 2 N–H and O–H groups in total. The van der Waals surface area contributed by atoms with Crippen molar-refractivity contribution in [2.24, 2.45) is 0 Å². The highest BCUT2D eigenvalue weighted by Crippen LogP contribution is 2.45. The van der Waals surface area contributed by atoms with Crippen LogP contribution >= 0.6 is 11.8 Å². The number of carbonyl (C=O) groups excluding carboxylic acids is 2. The van der Waals surface area contributed by atoms with E-state index in [1.807, 2.05) is 0 Å². The van der Waals surface area contributed by atoms with E-state index in [0.29, 0.717) is 29.0 Å². The van der Waals surface area contributed by atoms with Gasteiger partial charge in [-0.1, -0.05) is 11.8 Å². The highest BCUT2D eigenvalue weighted by atomic mass is 32.2. The van der Waals surface area contributed by atoms with E-state index >= 15 is 0 Å². The third-order valence-corrected chi connectivity index (χ3v) is 6.15. The first-order valence-electron chi connectivity index (χ1n) is 9.55. The summed E-state index contributed by atoms with van der Waals surface area (Å²) in [5, 5.41) is 22.7. The fourth-order valence-electron chi connectivity index (χ4n) is 3.48. The fourth-order valence-corrected chi connectivity index (χ4v) is 4.59. The molecule has 10 nitrogen and oxygen atoms in total. The molecule has 164 valence electrons. The van der Waals surface area contributed by atoms with Gasteiger partial charge in [0.05, 0.1) is 11.0 Å². The Morgan fingerprint density at radius 1 is 1.16 bits per heavy atom. The Kier molecular flexibility index (Phi) is 5.82. The highest BCUT2D eigenvalue weighted by Gasteiger charge is 2.47. The van der Waals surface area contributed by atoms with Gasteiger partial charge in [0.2, 0.25) is 5.91 Å². The quantitative estimate of drug-likeness (QED) is 0.366. The van der Waals surface area contributed by atoms with Crippen molar-refractivity contribution in [3.05, 3.63) is 74.8 Å². The van der Waals surface area contributed by atoms with Crippen molar-refractivity contribution in [1.82, 2.24) is 4.90 Å². The summed E-state index contributed by atoms with van der Waals surface area (Å²) in [4.78, 5) is 48.2. The monoisotopic (exact) mass is 455 g/mol. The van der Waals surface area contributed by atoms with E-state index in [-0.39, 0.29) is 29.9 Å². The van der Waals surface area contributed by atoms with Gasteiger partial charge in [-0.25, -0.2) is 9.59 Å². The first-order chi connectivity index (χ1) is 15.3. The number of benzene rings is 2. The maximum absolute atomic E-state index is 12.0. The molecule has 4 rings (SSSR count). The zero-order chi connectivity index (χ0) is 22.8. The lowest BCUT2D eigenvalue weighted by molar-refractivity contribution is -0.384. The first-order valence-corrected chi connectivity index (χ1v) is 10.4. The second kappa shape index (κ2) is 8.71. The molecular weight excluding hydrogens is 438 g/mol. The van der Waals surface area contributed by atoms with Crippen LogP contribution in [-0.2, 0) is 20.9 Å². The molecule has 1 unspecified atom stereocenters. The number of nitro groups is 1. The van der Waals surface area contributed by atoms with Crippen molar-refractivity contribution in [2.45, 2.75) is 30.4 Å². The van der Waals surface area contributed by atoms with Crippen LogP contribution in [0.3, 0.4) is 0 Å². The molecule has 2 aliphatic heterocycles. The summed E-state index contributed by atoms with van der Waals surface area (Å²) < 4.78 is 5.12. The van der Waals surface area contributed by atoms with E-state index in [9.17, 15) is 29.6 Å². The number of amides is 2. The molecule has 0 radical (unpaired) electrons. The number of rotatable bonds is 7. The minimum Gasteiger partial charge on any atom is -0.477 e. The van der Waals surface area contributed by atoms with E-state index in [2.05, 4.69) is 5.32 Å². The smallest absolute Gasteiger partial charge is 0.411 e. The van der Waals surface area contributed by atoms with Crippen LogP contribution in [0, 0.1) is 10.1 Å². The molecule has 0 bridgehead atoms. The molecule has 2 heterocycles. The van der Waals surface area contributed by atoms with E-state index < -0.39 is 17.0 Å². The van der Waals surface area contributed by atoms with Gasteiger partial charge >= 0.3 is 12.1 Å². The normalized spacial score (nSPS) is 16.9. The molecule has 2 aromatic rings. The van der Waals surface area contributed by atoms with Crippen LogP contribution in [0.5, 0.6) is 0 Å². The summed E-state index contributed by atoms with van der Waals surface area (Å²) in [6.45, 7) is -0.0414. The van der Waals surface area contributed by atoms with Crippen LogP contribution in [0.15, 0.2) is 64.0 Å². The van der Waals surface area contributed by atoms with Gasteiger partial charge in [-0.3, -0.25) is 20.2 Å². The van der Waals surface area contributed by atoms with Gasteiger partial charge in [-0.15, -0.1) is 0 Å². The third kappa shape index (κ3) is 4.42. The summed E-state index contributed by atoms with van der Waals surface area (Å²) in [5.74, 6) is -1.29. The van der Waals surface area contributed by atoms with E-state index in [1.165, 1.54) is 40.9 Å². The molecule has 0 saturated carbocycles. The number of carbonyl (C=O) groups is 3. The number of thioether (sulfide) groups is 1. The molecule has 1 atom stereocenters. The van der Waals surface area contributed by atoms with Crippen molar-refractivity contribution < 1.29 is 29.2 Å². The van der Waals surface area contributed by atoms with Gasteiger partial charge in [-0.05, 0) is 42.0 Å². The molecular formula is C21H17N3O7S. The van der Waals surface area contributed by atoms with Crippen LogP contribution in [0.2, 0.25) is 0 Å². The van der Waals surface area contributed by atoms with Gasteiger partial charge in [0.25, 0.3) is 5.69 Å². The third-order valence-electron chi connectivity index (χ3n) is 5.03. The summed E-state index contributed by atoms with van der Waals surface area (Å²) in [6, 6.07) is 12.4. The number of hydrogen-bond donors (Lipinski definition) is 2. The predicted octanol–water partition coefficient (Wildman–Crippen LogP) is 3.74. The van der Waals surface area contributed by atoms with Gasteiger partial charge in [0, 0.05) is 40.5 Å². The number of non-ortho nitro benzene ring substituents is 1. The minimum absolute atomic E-state index is 0.0414. The van der Waals surface area contributed by atoms with Crippen LogP contribution in [0.25, 0.3) is 0 Å². The van der Waals surface area contributed by atoms with Crippen molar-refractivity contribution in [3.8, 4) is 0 Å².